The Balaban J connectivity index is 2.60. The molecule has 0 aliphatic rings. The van der Waals surface area contributed by atoms with Crippen LogP contribution in [0.4, 0.5) is 5.69 Å². The minimum absolute atomic E-state index is 0.132. The van der Waals surface area contributed by atoms with Crippen LogP contribution in [-0.4, -0.2) is 29.6 Å². The van der Waals surface area contributed by atoms with E-state index in [2.05, 4.69) is 10.6 Å². The molecule has 1 amide bonds. The zero-order chi connectivity index (χ0) is 16.0. The summed E-state index contributed by atoms with van der Waals surface area (Å²) >= 11 is 5.86. The van der Waals surface area contributed by atoms with Gasteiger partial charge in [-0.05, 0) is 24.1 Å². The SMILES string of the molecule is CC(C)C(NCC(=O)Nc1ccc(C#N)c(Cl)c1)C(=O)O. The molecule has 21 heavy (non-hydrogen) atoms. The lowest BCUT2D eigenvalue weighted by Gasteiger charge is -2.17. The number of nitriles is 1. The zero-order valence-corrected chi connectivity index (χ0v) is 12.4. The van der Waals surface area contributed by atoms with E-state index in [0.717, 1.165) is 0 Å². The van der Waals surface area contributed by atoms with E-state index in [0.29, 0.717) is 11.3 Å². The molecule has 112 valence electrons. The van der Waals surface area contributed by atoms with E-state index < -0.39 is 12.0 Å². The lowest BCUT2D eigenvalue weighted by molar-refractivity contribution is -0.140. The summed E-state index contributed by atoms with van der Waals surface area (Å²) < 4.78 is 0. The second-order valence-corrected chi connectivity index (χ2v) is 5.20. The lowest BCUT2D eigenvalue weighted by atomic mass is 10.1. The van der Waals surface area contributed by atoms with Crippen molar-refractivity contribution in [1.82, 2.24) is 5.32 Å². The quantitative estimate of drug-likeness (QED) is 0.744. The van der Waals surface area contributed by atoms with Crippen LogP contribution in [0.25, 0.3) is 0 Å². The largest absolute Gasteiger partial charge is 0.480 e. The van der Waals surface area contributed by atoms with Crippen LogP contribution in [0.3, 0.4) is 0 Å². The fraction of sp³-hybridized carbons (Fsp3) is 0.357. The number of aliphatic carboxylic acids is 1. The van der Waals surface area contributed by atoms with Gasteiger partial charge in [0.25, 0.3) is 0 Å². The first-order chi connectivity index (χ1) is 9.85. The summed E-state index contributed by atoms with van der Waals surface area (Å²) in [6.45, 7) is 3.38. The van der Waals surface area contributed by atoms with Crippen molar-refractivity contribution < 1.29 is 14.7 Å². The second-order valence-electron chi connectivity index (χ2n) is 4.80. The Hall–Kier alpha value is -2.10. The number of anilines is 1. The smallest absolute Gasteiger partial charge is 0.320 e. The van der Waals surface area contributed by atoms with E-state index in [1.54, 1.807) is 19.9 Å². The molecule has 0 aromatic heterocycles. The number of carbonyl (C=O) groups is 2. The van der Waals surface area contributed by atoms with Crippen LogP contribution in [0.5, 0.6) is 0 Å². The Morgan fingerprint density at radius 2 is 2.10 bits per heavy atom. The maximum Gasteiger partial charge on any atom is 0.320 e. The predicted molar refractivity (Wildman–Crippen MR) is 79.1 cm³/mol. The summed E-state index contributed by atoms with van der Waals surface area (Å²) in [6.07, 6.45) is 0. The van der Waals surface area contributed by atoms with Crippen molar-refractivity contribution in [1.29, 1.82) is 5.26 Å². The molecule has 0 aliphatic heterocycles. The van der Waals surface area contributed by atoms with Gasteiger partial charge in [0.1, 0.15) is 12.1 Å². The number of nitrogens with zero attached hydrogens (tertiary/aromatic N) is 1. The molecule has 3 N–H and O–H groups in total. The Morgan fingerprint density at radius 3 is 2.57 bits per heavy atom. The molecule has 0 heterocycles. The predicted octanol–water partition coefficient (Wildman–Crippen LogP) is 1.85. The van der Waals surface area contributed by atoms with E-state index in [4.69, 9.17) is 22.0 Å². The van der Waals surface area contributed by atoms with Gasteiger partial charge >= 0.3 is 5.97 Å². The Morgan fingerprint density at radius 1 is 1.43 bits per heavy atom. The average molecular weight is 310 g/mol. The molecule has 0 spiro atoms. The van der Waals surface area contributed by atoms with E-state index in [1.165, 1.54) is 12.1 Å². The highest BCUT2D eigenvalue weighted by atomic mass is 35.5. The minimum atomic E-state index is -1.00. The molecule has 1 unspecified atom stereocenters. The molecular weight excluding hydrogens is 294 g/mol. The van der Waals surface area contributed by atoms with Gasteiger partial charge in [-0.1, -0.05) is 25.4 Å². The maximum absolute atomic E-state index is 11.8. The molecule has 0 bridgehead atoms. The number of amides is 1. The number of carbonyl (C=O) groups excluding carboxylic acids is 1. The van der Waals surface area contributed by atoms with E-state index in [1.807, 2.05) is 6.07 Å². The molecule has 1 aromatic carbocycles. The van der Waals surface area contributed by atoms with Gasteiger partial charge in [-0.3, -0.25) is 14.9 Å². The zero-order valence-electron chi connectivity index (χ0n) is 11.7. The summed E-state index contributed by atoms with van der Waals surface area (Å²) in [4.78, 5) is 22.7. The first-order valence-corrected chi connectivity index (χ1v) is 6.68. The summed E-state index contributed by atoms with van der Waals surface area (Å²) in [5.41, 5.74) is 0.765. The van der Waals surface area contributed by atoms with Gasteiger partial charge < -0.3 is 10.4 Å². The first-order valence-electron chi connectivity index (χ1n) is 6.30. The van der Waals surface area contributed by atoms with Crippen molar-refractivity contribution in [2.75, 3.05) is 11.9 Å². The van der Waals surface area contributed by atoms with Crippen LogP contribution < -0.4 is 10.6 Å². The van der Waals surface area contributed by atoms with E-state index in [9.17, 15) is 9.59 Å². The van der Waals surface area contributed by atoms with Crippen LogP contribution in [0.2, 0.25) is 5.02 Å². The van der Waals surface area contributed by atoms with E-state index >= 15 is 0 Å². The highest BCUT2D eigenvalue weighted by Gasteiger charge is 2.21. The van der Waals surface area contributed by atoms with Crippen molar-refractivity contribution in [3.8, 4) is 6.07 Å². The molecule has 1 atom stereocenters. The second kappa shape index (κ2) is 7.62. The summed E-state index contributed by atoms with van der Waals surface area (Å²) in [5.74, 6) is -1.53. The fourth-order valence-electron chi connectivity index (χ4n) is 1.70. The molecule has 7 heteroatoms. The van der Waals surface area contributed by atoms with Gasteiger partial charge in [0.2, 0.25) is 5.91 Å². The van der Waals surface area contributed by atoms with Crippen molar-refractivity contribution in [2.45, 2.75) is 19.9 Å². The van der Waals surface area contributed by atoms with E-state index in [-0.39, 0.29) is 23.4 Å². The minimum Gasteiger partial charge on any atom is -0.480 e. The molecule has 1 rings (SSSR count). The normalized spacial score (nSPS) is 11.8. The van der Waals surface area contributed by atoms with Crippen LogP contribution in [0, 0.1) is 17.2 Å². The molecule has 6 nitrogen and oxygen atoms in total. The maximum atomic E-state index is 11.8. The number of hydrogen-bond acceptors (Lipinski definition) is 4. The van der Waals surface area contributed by atoms with Crippen LogP contribution in [-0.2, 0) is 9.59 Å². The van der Waals surface area contributed by atoms with Crippen LogP contribution in [0.1, 0.15) is 19.4 Å². The van der Waals surface area contributed by atoms with Crippen LogP contribution in [0.15, 0.2) is 18.2 Å². The van der Waals surface area contributed by atoms with Crippen molar-refractivity contribution in [3.05, 3.63) is 28.8 Å². The average Bonchev–Trinajstić information content (AvgIpc) is 2.38. The highest BCUT2D eigenvalue weighted by Crippen LogP contribution is 2.20. The Bertz CT molecular complexity index is 581. The summed E-state index contributed by atoms with van der Waals surface area (Å²) in [6, 6.07) is 5.65. The van der Waals surface area contributed by atoms with Crippen molar-refractivity contribution >= 4 is 29.2 Å². The van der Waals surface area contributed by atoms with Crippen molar-refractivity contribution in [2.24, 2.45) is 5.92 Å². The number of carboxylic acid groups (broad SMARTS) is 1. The van der Waals surface area contributed by atoms with Gasteiger partial charge in [-0.25, -0.2) is 0 Å². The molecule has 0 fully saturated rings. The third-order valence-corrected chi connectivity index (χ3v) is 3.10. The van der Waals surface area contributed by atoms with Crippen LogP contribution >= 0.6 is 11.6 Å². The number of nitrogens with one attached hydrogen (secondary N) is 2. The topological polar surface area (TPSA) is 102 Å². The summed E-state index contributed by atoms with van der Waals surface area (Å²) in [5, 5.41) is 23.3. The standard InChI is InChI=1S/C14H16ClN3O3/c1-8(2)13(14(20)21)17-7-12(19)18-10-4-3-9(6-16)11(15)5-10/h3-5,8,13,17H,7H2,1-2H3,(H,18,19)(H,20,21). The molecular formula is C14H16ClN3O3. The Kier molecular flexibility index (Phi) is 6.15. The van der Waals surface area contributed by atoms with Gasteiger partial charge in [-0.2, -0.15) is 5.26 Å². The molecule has 1 aromatic rings. The molecule has 0 aliphatic carbocycles. The highest BCUT2D eigenvalue weighted by molar-refractivity contribution is 6.32. The van der Waals surface area contributed by atoms with Crippen molar-refractivity contribution in [3.63, 3.8) is 0 Å². The number of halogens is 1. The number of carboxylic acids is 1. The molecule has 0 radical (unpaired) electrons. The van der Waals surface area contributed by atoms with Gasteiger partial charge in [0.05, 0.1) is 17.1 Å². The lowest BCUT2D eigenvalue weighted by Crippen LogP contribution is -2.44. The Labute approximate surface area is 127 Å². The van der Waals surface area contributed by atoms with Gasteiger partial charge in [0.15, 0.2) is 0 Å². The van der Waals surface area contributed by atoms with Gasteiger partial charge in [-0.15, -0.1) is 0 Å². The molecule has 0 saturated carbocycles. The van der Waals surface area contributed by atoms with Gasteiger partial charge in [0, 0.05) is 5.69 Å². The molecule has 0 saturated heterocycles. The number of benzene rings is 1. The monoisotopic (exact) mass is 309 g/mol. The fourth-order valence-corrected chi connectivity index (χ4v) is 1.92. The third-order valence-electron chi connectivity index (χ3n) is 2.79. The third kappa shape index (κ3) is 5.06. The first kappa shape index (κ1) is 17.0. The summed E-state index contributed by atoms with van der Waals surface area (Å²) in [7, 11) is 0. The number of hydrogen-bond donors (Lipinski definition) is 3. The number of rotatable bonds is 6.